The molecule has 3 N–H and O–H groups in total. The van der Waals surface area contributed by atoms with Crippen molar-refractivity contribution in [2.45, 2.75) is 19.9 Å². The number of carbonyl (C=O) groups is 1. The second-order valence-electron chi connectivity index (χ2n) is 3.57. The number of carbonyl (C=O) groups excluding carboxylic acids is 1. The highest BCUT2D eigenvalue weighted by atomic mass is 19.1. The lowest BCUT2D eigenvalue weighted by Crippen LogP contribution is -2.37. The van der Waals surface area contributed by atoms with Crippen LogP contribution < -0.4 is 11.1 Å². The number of nitrogens with two attached hydrogens (primary N) is 1. The summed E-state index contributed by atoms with van der Waals surface area (Å²) in [5.74, 6) is -0.533. The minimum atomic E-state index is -0.307. The molecule has 0 radical (unpaired) electrons. The summed E-state index contributed by atoms with van der Waals surface area (Å²) in [4.78, 5) is 11.6. The van der Waals surface area contributed by atoms with Crippen molar-refractivity contribution in [1.82, 2.24) is 5.32 Å². The Kier molecular flexibility index (Phi) is 3.80. The molecule has 1 amide bonds. The van der Waals surface area contributed by atoms with Crippen molar-refractivity contribution in [3.05, 3.63) is 35.1 Å². The Morgan fingerprint density at radius 3 is 2.80 bits per heavy atom. The molecular formula is C11H15FN2O. The molecule has 0 bridgehead atoms. The fraction of sp³-hybridized carbons (Fsp3) is 0.364. The highest BCUT2D eigenvalue weighted by molar-refractivity contribution is 5.94. The molecule has 1 aromatic rings. The van der Waals surface area contributed by atoms with E-state index in [1.54, 1.807) is 6.92 Å². The highest BCUT2D eigenvalue weighted by Gasteiger charge is 2.09. The second kappa shape index (κ2) is 4.89. The van der Waals surface area contributed by atoms with Crippen molar-refractivity contribution in [2.75, 3.05) is 6.54 Å². The molecule has 15 heavy (non-hydrogen) atoms. The third-order valence-electron chi connectivity index (χ3n) is 2.15. The van der Waals surface area contributed by atoms with Crippen molar-refractivity contribution in [3.8, 4) is 0 Å². The molecule has 4 heteroatoms. The number of amides is 1. The van der Waals surface area contributed by atoms with Crippen LogP contribution in [0.5, 0.6) is 0 Å². The Bertz CT molecular complexity index is 366. The lowest BCUT2D eigenvalue weighted by atomic mass is 10.1. The zero-order chi connectivity index (χ0) is 11.4. The molecule has 82 valence electrons. The second-order valence-corrected chi connectivity index (χ2v) is 3.57. The van der Waals surface area contributed by atoms with Gasteiger partial charge in [-0.05, 0) is 37.6 Å². The van der Waals surface area contributed by atoms with Crippen LogP contribution in [0.4, 0.5) is 4.39 Å². The summed E-state index contributed by atoms with van der Waals surface area (Å²) in [6, 6.07) is 4.19. The zero-order valence-corrected chi connectivity index (χ0v) is 8.88. The fourth-order valence-electron chi connectivity index (χ4n) is 1.15. The molecule has 0 saturated carbocycles. The molecule has 0 aliphatic heterocycles. The first-order valence-electron chi connectivity index (χ1n) is 4.81. The van der Waals surface area contributed by atoms with Crippen LogP contribution in [-0.4, -0.2) is 18.5 Å². The zero-order valence-electron chi connectivity index (χ0n) is 8.88. The predicted octanol–water partition coefficient (Wildman–Crippen LogP) is 1.21. The smallest absolute Gasteiger partial charge is 0.251 e. The van der Waals surface area contributed by atoms with Crippen molar-refractivity contribution in [3.63, 3.8) is 0 Å². The van der Waals surface area contributed by atoms with Crippen LogP contribution in [0.3, 0.4) is 0 Å². The van der Waals surface area contributed by atoms with Crippen molar-refractivity contribution >= 4 is 5.91 Å². The van der Waals surface area contributed by atoms with Crippen molar-refractivity contribution in [2.24, 2.45) is 5.73 Å². The van der Waals surface area contributed by atoms with Gasteiger partial charge in [-0.15, -0.1) is 0 Å². The fourth-order valence-corrected chi connectivity index (χ4v) is 1.15. The normalized spacial score (nSPS) is 12.3. The van der Waals surface area contributed by atoms with E-state index >= 15 is 0 Å². The Morgan fingerprint density at radius 2 is 2.27 bits per heavy atom. The topological polar surface area (TPSA) is 55.1 Å². The van der Waals surface area contributed by atoms with E-state index < -0.39 is 0 Å². The SMILES string of the molecule is Cc1cc(C(=O)NC(C)CN)ccc1F. The standard InChI is InChI=1S/C11H15FN2O/c1-7-5-9(3-4-10(7)12)11(15)14-8(2)6-13/h3-5,8H,6,13H2,1-2H3,(H,14,15). The van der Waals surface area contributed by atoms with E-state index in [1.807, 2.05) is 6.92 Å². The van der Waals surface area contributed by atoms with Crippen LogP contribution in [0.25, 0.3) is 0 Å². The number of benzene rings is 1. The molecule has 3 nitrogen and oxygen atoms in total. The largest absolute Gasteiger partial charge is 0.348 e. The minimum Gasteiger partial charge on any atom is -0.348 e. The van der Waals surface area contributed by atoms with E-state index in [-0.39, 0.29) is 17.8 Å². The monoisotopic (exact) mass is 210 g/mol. The van der Waals surface area contributed by atoms with Crippen LogP contribution in [0, 0.1) is 12.7 Å². The van der Waals surface area contributed by atoms with Gasteiger partial charge in [-0.1, -0.05) is 0 Å². The third-order valence-corrected chi connectivity index (χ3v) is 2.15. The van der Waals surface area contributed by atoms with Gasteiger partial charge in [0.15, 0.2) is 0 Å². The van der Waals surface area contributed by atoms with Gasteiger partial charge < -0.3 is 11.1 Å². The Morgan fingerprint density at radius 1 is 1.60 bits per heavy atom. The number of rotatable bonds is 3. The lowest BCUT2D eigenvalue weighted by Gasteiger charge is -2.11. The van der Waals surface area contributed by atoms with Gasteiger partial charge in [0.1, 0.15) is 5.82 Å². The van der Waals surface area contributed by atoms with Gasteiger partial charge in [0.25, 0.3) is 5.91 Å². The summed E-state index contributed by atoms with van der Waals surface area (Å²) in [6.07, 6.45) is 0. The molecule has 1 aromatic carbocycles. The van der Waals surface area contributed by atoms with Gasteiger partial charge in [-0.25, -0.2) is 4.39 Å². The first-order valence-corrected chi connectivity index (χ1v) is 4.81. The Hall–Kier alpha value is -1.42. The summed E-state index contributed by atoms with van der Waals surface area (Å²) in [7, 11) is 0. The quantitative estimate of drug-likeness (QED) is 0.788. The number of aryl methyl sites for hydroxylation is 1. The molecule has 1 unspecified atom stereocenters. The van der Waals surface area contributed by atoms with Crippen LogP contribution in [0.2, 0.25) is 0 Å². The molecule has 0 spiro atoms. The molecule has 0 aromatic heterocycles. The number of hydrogen-bond donors (Lipinski definition) is 2. The van der Waals surface area contributed by atoms with Crippen molar-refractivity contribution < 1.29 is 9.18 Å². The van der Waals surface area contributed by atoms with Crippen molar-refractivity contribution in [1.29, 1.82) is 0 Å². The van der Waals surface area contributed by atoms with E-state index in [4.69, 9.17) is 5.73 Å². The molecule has 1 rings (SSSR count). The minimum absolute atomic E-state index is 0.0807. The first-order chi connectivity index (χ1) is 7.04. The number of hydrogen-bond acceptors (Lipinski definition) is 2. The molecular weight excluding hydrogens is 195 g/mol. The van der Waals surface area contributed by atoms with Gasteiger partial charge in [0, 0.05) is 18.2 Å². The van der Waals surface area contributed by atoms with Gasteiger partial charge in [-0.3, -0.25) is 4.79 Å². The van der Waals surface area contributed by atoms with Gasteiger partial charge in [0.2, 0.25) is 0 Å². The van der Waals surface area contributed by atoms with Crippen LogP contribution in [0.1, 0.15) is 22.8 Å². The Labute approximate surface area is 88.5 Å². The maximum Gasteiger partial charge on any atom is 0.251 e. The Balaban J connectivity index is 2.78. The van der Waals surface area contributed by atoms with Gasteiger partial charge >= 0.3 is 0 Å². The molecule has 0 saturated heterocycles. The molecule has 0 fully saturated rings. The summed E-state index contributed by atoms with van der Waals surface area (Å²) >= 11 is 0. The lowest BCUT2D eigenvalue weighted by molar-refractivity contribution is 0.0941. The average Bonchev–Trinajstić information content (AvgIpc) is 2.21. The van der Waals surface area contributed by atoms with Gasteiger partial charge in [-0.2, -0.15) is 0 Å². The van der Waals surface area contributed by atoms with Crippen LogP contribution >= 0.6 is 0 Å². The third kappa shape index (κ3) is 3.02. The number of halogens is 1. The summed E-state index contributed by atoms with van der Waals surface area (Å²) in [6.45, 7) is 3.82. The highest BCUT2D eigenvalue weighted by Crippen LogP contribution is 2.09. The average molecular weight is 210 g/mol. The molecule has 1 atom stereocenters. The van der Waals surface area contributed by atoms with Gasteiger partial charge in [0.05, 0.1) is 0 Å². The van der Waals surface area contributed by atoms with E-state index in [1.165, 1.54) is 18.2 Å². The van der Waals surface area contributed by atoms with E-state index in [9.17, 15) is 9.18 Å². The van der Waals surface area contributed by atoms with E-state index in [0.29, 0.717) is 17.7 Å². The summed E-state index contributed by atoms with van der Waals surface area (Å²) in [5.41, 5.74) is 6.29. The molecule has 0 aliphatic rings. The predicted molar refractivity (Wildman–Crippen MR) is 57.1 cm³/mol. The maximum atomic E-state index is 12.9. The van der Waals surface area contributed by atoms with E-state index in [0.717, 1.165) is 0 Å². The molecule has 0 aliphatic carbocycles. The first kappa shape index (κ1) is 11.7. The van der Waals surface area contributed by atoms with E-state index in [2.05, 4.69) is 5.32 Å². The van der Waals surface area contributed by atoms with Crippen LogP contribution in [-0.2, 0) is 0 Å². The van der Waals surface area contributed by atoms with Crippen LogP contribution in [0.15, 0.2) is 18.2 Å². The summed E-state index contributed by atoms with van der Waals surface area (Å²) < 4.78 is 12.9. The maximum absolute atomic E-state index is 12.9. The number of nitrogens with one attached hydrogen (secondary N) is 1. The molecule has 0 heterocycles. The summed E-state index contributed by atoms with van der Waals surface area (Å²) in [5, 5.41) is 2.71.